The van der Waals surface area contributed by atoms with Crippen LogP contribution < -0.4 is 4.74 Å². The van der Waals surface area contributed by atoms with Gasteiger partial charge in [0.2, 0.25) is 0 Å². The number of ether oxygens (including phenoxy) is 1. The Kier molecular flexibility index (Phi) is 4.59. The number of nitriles is 1. The lowest BCUT2D eigenvalue weighted by Gasteiger charge is -2.27. The molecule has 2 aromatic rings. The second-order valence-corrected chi connectivity index (χ2v) is 9.48. The van der Waals surface area contributed by atoms with Crippen molar-refractivity contribution in [1.82, 2.24) is 0 Å². The minimum Gasteiger partial charge on any atom is -0.457 e. The van der Waals surface area contributed by atoms with Gasteiger partial charge in [-0.15, -0.1) is 0 Å². The van der Waals surface area contributed by atoms with Gasteiger partial charge < -0.3 is 9.84 Å². The first-order chi connectivity index (χ1) is 13.6. The van der Waals surface area contributed by atoms with Gasteiger partial charge in [0.1, 0.15) is 23.4 Å². The summed E-state index contributed by atoms with van der Waals surface area (Å²) in [5.74, 6) is -4.52. The number of halogens is 3. The number of aliphatic hydroxyl groups is 1. The highest BCUT2D eigenvalue weighted by Crippen LogP contribution is 2.50. The molecule has 4 rings (SSSR count). The number of rotatable bonds is 4. The minimum atomic E-state index is -3.87. The van der Waals surface area contributed by atoms with E-state index in [0.717, 1.165) is 24.6 Å². The lowest BCUT2D eigenvalue weighted by atomic mass is 10.00. The molecule has 0 heterocycles. The lowest BCUT2D eigenvalue weighted by molar-refractivity contribution is -0.0976. The number of hydrogen-bond donors (Lipinski definition) is 1. The van der Waals surface area contributed by atoms with Gasteiger partial charge in [0.05, 0.1) is 21.8 Å². The number of sulfone groups is 1. The maximum atomic E-state index is 14.3. The number of aliphatic hydroxyl groups excluding tert-OH is 1. The molecule has 1 N–H and O–H groups in total. The van der Waals surface area contributed by atoms with Crippen LogP contribution in [0.15, 0.2) is 35.2 Å². The molecular formula is C20H16F3NO4S. The van der Waals surface area contributed by atoms with Gasteiger partial charge >= 0.3 is 0 Å². The van der Waals surface area contributed by atoms with E-state index in [2.05, 4.69) is 0 Å². The van der Waals surface area contributed by atoms with Crippen molar-refractivity contribution in [2.45, 2.75) is 47.9 Å². The highest BCUT2D eigenvalue weighted by atomic mass is 32.2. The first kappa shape index (κ1) is 19.7. The van der Waals surface area contributed by atoms with Crippen LogP contribution in [0.5, 0.6) is 11.5 Å². The molecule has 1 saturated carbocycles. The summed E-state index contributed by atoms with van der Waals surface area (Å²) in [7, 11) is -3.87. The zero-order valence-corrected chi connectivity index (χ0v) is 15.8. The minimum absolute atomic E-state index is 0.0220. The second kappa shape index (κ2) is 6.75. The molecule has 9 heteroatoms. The molecule has 0 aliphatic heterocycles. The maximum Gasteiger partial charge on any atom is 0.281 e. The molecule has 0 radical (unpaired) electrons. The van der Waals surface area contributed by atoms with Crippen molar-refractivity contribution in [3.8, 4) is 17.6 Å². The van der Waals surface area contributed by atoms with Gasteiger partial charge in [-0.2, -0.15) is 5.26 Å². The topological polar surface area (TPSA) is 87.4 Å². The van der Waals surface area contributed by atoms with Gasteiger partial charge in [-0.3, -0.25) is 0 Å². The molecule has 0 amide bonds. The number of hydrogen-bond acceptors (Lipinski definition) is 5. The molecule has 5 nitrogen and oxygen atoms in total. The molecule has 1 fully saturated rings. The highest BCUT2D eigenvalue weighted by molar-refractivity contribution is 7.92. The molecule has 152 valence electrons. The zero-order valence-electron chi connectivity index (χ0n) is 15.0. The number of benzene rings is 2. The molecule has 0 bridgehead atoms. The normalized spacial score (nSPS) is 20.6. The second-order valence-electron chi connectivity index (χ2n) is 7.28. The van der Waals surface area contributed by atoms with Crippen LogP contribution in [0.3, 0.4) is 0 Å². The van der Waals surface area contributed by atoms with E-state index in [1.54, 1.807) is 6.07 Å². The molecule has 2 aliphatic rings. The SMILES string of the molecule is N#Cc1cc(F)cc(Oc2ccc(S(=O)(=O)C3CCC3)c3c2CC(F)(F)C3O)c1. The Morgan fingerprint density at radius 2 is 1.93 bits per heavy atom. The highest BCUT2D eigenvalue weighted by Gasteiger charge is 2.51. The fraction of sp³-hybridized carbons (Fsp3) is 0.350. The molecule has 1 unspecified atom stereocenters. The standard InChI is InChI=1S/C20H16F3NO4S/c21-12-6-11(10-24)7-13(8-12)28-16-4-5-17(29(26,27)14-2-1-3-14)18-15(16)9-20(22,23)19(18)25/h4-8,14,19,25H,1-3,9H2. The van der Waals surface area contributed by atoms with Crippen molar-refractivity contribution in [2.24, 2.45) is 0 Å². The summed E-state index contributed by atoms with van der Waals surface area (Å²) in [6.07, 6.45) is -1.56. The van der Waals surface area contributed by atoms with Crippen molar-refractivity contribution in [1.29, 1.82) is 5.26 Å². The van der Waals surface area contributed by atoms with E-state index in [9.17, 15) is 26.7 Å². The Hall–Kier alpha value is -2.57. The number of alkyl halides is 2. The third-order valence-corrected chi connectivity index (χ3v) is 7.70. The van der Waals surface area contributed by atoms with Crippen molar-refractivity contribution in [3.63, 3.8) is 0 Å². The quantitative estimate of drug-likeness (QED) is 0.802. The molecule has 2 aromatic carbocycles. The Labute approximate surface area is 165 Å². The zero-order chi connectivity index (χ0) is 21.0. The van der Waals surface area contributed by atoms with E-state index in [1.165, 1.54) is 12.1 Å². The summed E-state index contributed by atoms with van der Waals surface area (Å²) < 4.78 is 73.5. The van der Waals surface area contributed by atoms with Gasteiger partial charge in [-0.05, 0) is 37.1 Å². The first-order valence-corrected chi connectivity index (χ1v) is 10.5. The molecule has 1 atom stereocenters. The van der Waals surface area contributed by atoms with Crippen molar-refractivity contribution < 1.29 is 31.4 Å². The summed E-state index contributed by atoms with van der Waals surface area (Å²) in [5.41, 5.74) is -0.520. The van der Waals surface area contributed by atoms with Crippen LogP contribution in [0.1, 0.15) is 42.1 Å². The Morgan fingerprint density at radius 3 is 2.55 bits per heavy atom. The van der Waals surface area contributed by atoms with Crippen LogP contribution in [0, 0.1) is 17.1 Å². The van der Waals surface area contributed by atoms with Gasteiger partial charge in [0.15, 0.2) is 9.84 Å². The van der Waals surface area contributed by atoms with Gasteiger partial charge in [0.25, 0.3) is 5.92 Å². The molecule has 2 aliphatic carbocycles. The van der Waals surface area contributed by atoms with E-state index in [-0.39, 0.29) is 33.1 Å². The molecular weight excluding hydrogens is 407 g/mol. The third-order valence-electron chi connectivity index (χ3n) is 5.39. The van der Waals surface area contributed by atoms with E-state index < -0.39 is 39.4 Å². The molecule has 0 saturated heterocycles. The van der Waals surface area contributed by atoms with E-state index in [1.807, 2.05) is 0 Å². The summed E-state index contributed by atoms with van der Waals surface area (Å²) in [4.78, 5) is -0.314. The Bertz CT molecular complexity index is 1140. The fourth-order valence-corrected chi connectivity index (χ4v) is 5.78. The molecule has 0 aromatic heterocycles. The monoisotopic (exact) mass is 423 g/mol. The van der Waals surface area contributed by atoms with Gasteiger partial charge in [-0.1, -0.05) is 6.42 Å². The lowest BCUT2D eigenvalue weighted by Crippen LogP contribution is -2.30. The van der Waals surface area contributed by atoms with E-state index >= 15 is 0 Å². The van der Waals surface area contributed by atoms with Crippen LogP contribution in [-0.4, -0.2) is 24.7 Å². The van der Waals surface area contributed by atoms with Gasteiger partial charge in [-0.25, -0.2) is 21.6 Å². The summed E-state index contributed by atoms with van der Waals surface area (Å²) in [6.45, 7) is 0. The third kappa shape index (κ3) is 3.26. The predicted octanol–water partition coefficient (Wildman–Crippen LogP) is 4.04. The molecule has 0 spiro atoms. The van der Waals surface area contributed by atoms with Crippen LogP contribution in [0.2, 0.25) is 0 Å². The maximum absolute atomic E-state index is 14.3. The predicted molar refractivity (Wildman–Crippen MR) is 96.1 cm³/mol. The summed E-state index contributed by atoms with van der Waals surface area (Å²) in [6, 6.07) is 7.35. The van der Waals surface area contributed by atoms with Gasteiger partial charge in [0, 0.05) is 23.6 Å². The van der Waals surface area contributed by atoms with Crippen LogP contribution in [0.25, 0.3) is 0 Å². The van der Waals surface area contributed by atoms with Crippen molar-refractivity contribution in [2.75, 3.05) is 0 Å². The Morgan fingerprint density at radius 1 is 1.21 bits per heavy atom. The molecule has 29 heavy (non-hydrogen) atoms. The van der Waals surface area contributed by atoms with Crippen LogP contribution in [-0.2, 0) is 16.3 Å². The van der Waals surface area contributed by atoms with Crippen molar-refractivity contribution >= 4 is 9.84 Å². The first-order valence-electron chi connectivity index (χ1n) is 8.97. The average Bonchev–Trinajstić information content (AvgIpc) is 2.83. The average molecular weight is 423 g/mol. The Balaban J connectivity index is 1.82. The van der Waals surface area contributed by atoms with Crippen LogP contribution in [0.4, 0.5) is 13.2 Å². The van der Waals surface area contributed by atoms with Crippen LogP contribution >= 0.6 is 0 Å². The van der Waals surface area contributed by atoms with E-state index in [0.29, 0.717) is 12.8 Å². The van der Waals surface area contributed by atoms with E-state index in [4.69, 9.17) is 10.00 Å². The smallest absolute Gasteiger partial charge is 0.281 e. The number of nitrogens with zero attached hydrogens (tertiary/aromatic N) is 1. The summed E-state index contributed by atoms with van der Waals surface area (Å²) >= 11 is 0. The number of fused-ring (bicyclic) bond motifs is 1. The summed E-state index contributed by atoms with van der Waals surface area (Å²) in [5, 5.41) is 18.5. The van der Waals surface area contributed by atoms with Crippen molar-refractivity contribution in [3.05, 3.63) is 52.8 Å². The largest absolute Gasteiger partial charge is 0.457 e. The fourth-order valence-electron chi connectivity index (χ4n) is 3.67.